The van der Waals surface area contributed by atoms with Crippen molar-refractivity contribution in [2.45, 2.75) is 6.10 Å². The Balaban J connectivity index is 1.29. The van der Waals surface area contributed by atoms with Gasteiger partial charge in [-0.1, -0.05) is 18.2 Å². The van der Waals surface area contributed by atoms with Gasteiger partial charge in [-0.05, 0) is 24.3 Å². The van der Waals surface area contributed by atoms with Gasteiger partial charge in [-0.2, -0.15) is 0 Å². The summed E-state index contributed by atoms with van der Waals surface area (Å²) in [4.78, 5) is 3.37. The van der Waals surface area contributed by atoms with Gasteiger partial charge in [0.2, 0.25) is 0 Å². The molecule has 1 fully saturated rings. The number of aliphatic hydroxyl groups excluding tert-OH is 1. The van der Waals surface area contributed by atoms with Crippen molar-refractivity contribution in [2.24, 2.45) is 0 Å². The Morgan fingerprint density at radius 2 is 1.83 bits per heavy atom. The zero-order valence-corrected chi connectivity index (χ0v) is 16.9. The number of quaternary nitrogens is 1. The third-order valence-corrected chi connectivity index (χ3v) is 5.04. The minimum atomic E-state index is -0.526. The van der Waals surface area contributed by atoms with E-state index in [1.165, 1.54) is 11.0 Å². The van der Waals surface area contributed by atoms with Crippen molar-refractivity contribution < 1.29 is 28.6 Å². The molecule has 29 heavy (non-hydrogen) atoms. The third-order valence-electron chi connectivity index (χ3n) is 5.04. The fourth-order valence-electron chi connectivity index (χ4n) is 3.50. The minimum Gasteiger partial charge on any atom is -0.497 e. The smallest absolute Gasteiger partial charge is 0.146 e. The van der Waals surface area contributed by atoms with Crippen LogP contribution in [-0.2, 0) is 4.74 Å². The van der Waals surface area contributed by atoms with Gasteiger partial charge in [0.05, 0.1) is 52.2 Å². The van der Waals surface area contributed by atoms with Crippen LogP contribution in [0.15, 0.2) is 48.5 Å². The summed E-state index contributed by atoms with van der Waals surface area (Å²) in [5.41, 5.74) is 0.659. The predicted octanol–water partition coefficient (Wildman–Crippen LogP) is 0.996. The van der Waals surface area contributed by atoms with Crippen molar-refractivity contribution in [1.29, 1.82) is 0 Å². The lowest BCUT2D eigenvalue weighted by Crippen LogP contribution is -3.16. The number of nitrogens with one attached hydrogen (secondary N) is 1. The first-order valence-corrected chi connectivity index (χ1v) is 10.0. The number of hydrogen-bond acceptors (Lipinski definition) is 5. The van der Waals surface area contributed by atoms with E-state index in [2.05, 4.69) is 4.90 Å². The Morgan fingerprint density at radius 3 is 2.59 bits per heavy atom. The lowest BCUT2D eigenvalue weighted by atomic mass is 10.2. The molecule has 0 spiro atoms. The molecule has 2 aromatic rings. The number of hydrogen-bond donors (Lipinski definition) is 2. The number of benzene rings is 2. The molecule has 0 aromatic heterocycles. The van der Waals surface area contributed by atoms with Crippen molar-refractivity contribution in [3.63, 3.8) is 0 Å². The molecular formula is C22H30FN2O4+. The average molecular weight is 405 g/mol. The van der Waals surface area contributed by atoms with Crippen molar-refractivity contribution >= 4 is 5.69 Å². The van der Waals surface area contributed by atoms with E-state index in [1.807, 2.05) is 36.4 Å². The Hall–Kier alpha value is -2.35. The number of anilines is 1. The van der Waals surface area contributed by atoms with Gasteiger partial charge < -0.3 is 29.1 Å². The largest absolute Gasteiger partial charge is 0.497 e. The van der Waals surface area contributed by atoms with Crippen LogP contribution in [-0.4, -0.2) is 70.9 Å². The molecule has 1 saturated heterocycles. The first-order chi connectivity index (χ1) is 14.2. The highest BCUT2D eigenvalue weighted by atomic mass is 19.1. The van der Waals surface area contributed by atoms with Crippen LogP contribution in [0.4, 0.5) is 10.1 Å². The second kappa shape index (κ2) is 11.0. The molecule has 0 unspecified atom stereocenters. The van der Waals surface area contributed by atoms with Gasteiger partial charge in [0.15, 0.2) is 0 Å². The van der Waals surface area contributed by atoms with Crippen LogP contribution in [0.5, 0.6) is 11.5 Å². The monoisotopic (exact) mass is 405 g/mol. The van der Waals surface area contributed by atoms with E-state index in [1.54, 1.807) is 13.2 Å². The van der Waals surface area contributed by atoms with Gasteiger partial charge in [-0.3, -0.25) is 0 Å². The number of rotatable bonds is 10. The van der Waals surface area contributed by atoms with Gasteiger partial charge in [0, 0.05) is 6.07 Å². The molecule has 0 aliphatic carbocycles. The van der Waals surface area contributed by atoms with E-state index in [0.717, 1.165) is 37.7 Å². The molecular weight excluding hydrogens is 375 g/mol. The molecule has 1 aliphatic heterocycles. The molecule has 3 rings (SSSR count). The maximum atomic E-state index is 13.9. The van der Waals surface area contributed by atoms with Gasteiger partial charge >= 0.3 is 0 Å². The van der Waals surface area contributed by atoms with Crippen molar-refractivity contribution in [3.8, 4) is 11.5 Å². The quantitative estimate of drug-likeness (QED) is 0.578. The van der Waals surface area contributed by atoms with E-state index in [0.29, 0.717) is 25.4 Å². The topological polar surface area (TPSA) is 55.6 Å². The Kier molecular flexibility index (Phi) is 8.10. The second-order valence-corrected chi connectivity index (χ2v) is 7.15. The highest BCUT2D eigenvalue weighted by Gasteiger charge is 2.23. The first-order valence-electron chi connectivity index (χ1n) is 10.0. The highest BCUT2D eigenvalue weighted by Crippen LogP contribution is 2.19. The highest BCUT2D eigenvalue weighted by molar-refractivity contribution is 5.47. The van der Waals surface area contributed by atoms with Crippen molar-refractivity contribution in [1.82, 2.24) is 0 Å². The lowest BCUT2D eigenvalue weighted by molar-refractivity contribution is -0.903. The van der Waals surface area contributed by atoms with E-state index < -0.39 is 6.10 Å². The van der Waals surface area contributed by atoms with E-state index in [9.17, 15) is 9.50 Å². The molecule has 0 saturated carbocycles. The Bertz CT molecular complexity index is 753. The zero-order valence-electron chi connectivity index (χ0n) is 16.9. The summed E-state index contributed by atoms with van der Waals surface area (Å²) < 4.78 is 30.2. The summed E-state index contributed by atoms with van der Waals surface area (Å²) in [5.74, 6) is 1.29. The molecule has 7 heteroatoms. The minimum absolute atomic E-state index is 0.180. The van der Waals surface area contributed by atoms with E-state index in [-0.39, 0.29) is 12.4 Å². The molecule has 0 amide bonds. The van der Waals surface area contributed by atoms with Gasteiger partial charge in [-0.15, -0.1) is 0 Å². The Morgan fingerprint density at radius 1 is 1.07 bits per heavy atom. The molecule has 2 N–H and O–H groups in total. The van der Waals surface area contributed by atoms with Crippen LogP contribution in [0.2, 0.25) is 0 Å². The fraction of sp³-hybridized carbons (Fsp3) is 0.455. The van der Waals surface area contributed by atoms with Crippen LogP contribution in [0.1, 0.15) is 0 Å². The van der Waals surface area contributed by atoms with Crippen LogP contribution >= 0.6 is 0 Å². The maximum absolute atomic E-state index is 13.9. The van der Waals surface area contributed by atoms with Gasteiger partial charge in [-0.25, -0.2) is 4.39 Å². The summed E-state index contributed by atoms with van der Waals surface area (Å²) in [7, 11) is 1.62. The first kappa shape index (κ1) is 21.4. The SMILES string of the molecule is COc1cccc(OCCOC[C@@H](O)C[NH+]2CCN(c3ccccc3F)CC2)c1. The van der Waals surface area contributed by atoms with Crippen LogP contribution < -0.4 is 19.3 Å². The molecule has 1 heterocycles. The second-order valence-electron chi connectivity index (χ2n) is 7.15. The normalized spacial score (nSPS) is 15.9. The third kappa shape index (κ3) is 6.59. The number of halogens is 1. The number of nitrogens with zero attached hydrogens (tertiary/aromatic N) is 1. The number of aliphatic hydroxyl groups is 1. The number of piperazine rings is 1. The molecule has 0 bridgehead atoms. The van der Waals surface area contributed by atoms with Crippen molar-refractivity contribution in [3.05, 3.63) is 54.3 Å². The Labute approximate surface area is 171 Å². The van der Waals surface area contributed by atoms with E-state index >= 15 is 0 Å². The van der Waals surface area contributed by atoms with Gasteiger partial charge in [0.1, 0.15) is 36.6 Å². The molecule has 6 nitrogen and oxygen atoms in total. The fourth-order valence-corrected chi connectivity index (χ4v) is 3.50. The summed E-state index contributed by atoms with van der Waals surface area (Å²) in [5, 5.41) is 10.2. The summed E-state index contributed by atoms with van der Waals surface area (Å²) in [6.07, 6.45) is -0.526. The van der Waals surface area contributed by atoms with E-state index in [4.69, 9.17) is 14.2 Å². The summed E-state index contributed by atoms with van der Waals surface area (Å²) in [6.45, 7) is 5.01. The zero-order chi connectivity index (χ0) is 20.5. The van der Waals surface area contributed by atoms with Crippen LogP contribution in [0.3, 0.4) is 0 Å². The van der Waals surface area contributed by atoms with Crippen molar-refractivity contribution in [2.75, 3.05) is 64.6 Å². The number of ether oxygens (including phenoxy) is 3. The average Bonchev–Trinajstić information content (AvgIpc) is 2.75. The molecule has 1 atom stereocenters. The molecule has 158 valence electrons. The number of methoxy groups -OCH3 is 1. The number of para-hydroxylation sites is 1. The lowest BCUT2D eigenvalue weighted by Gasteiger charge is -2.34. The maximum Gasteiger partial charge on any atom is 0.146 e. The molecule has 0 radical (unpaired) electrons. The molecule has 1 aliphatic rings. The molecule has 2 aromatic carbocycles. The van der Waals surface area contributed by atoms with Gasteiger partial charge in [0.25, 0.3) is 0 Å². The summed E-state index contributed by atoms with van der Waals surface area (Å²) >= 11 is 0. The standard InChI is InChI=1S/C22H29FN2O4/c1-27-19-5-4-6-20(15-19)29-14-13-28-17-18(26)16-24-9-11-25(12-10-24)22-8-3-2-7-21(22)23/h2-8,15,18,26H,9-14,16-17H2,1H3/p+1/t18-/m0/s1. The predicted molar refractivity (Wildman–Crippen MR) is 109 cm³/mol. The van der Waals surface area contributed by atoms with Crippen LogP contribution in [0, 0.1) is 5.82 Å². The van der Waals surface area contributed by atoms with Crippen LogP contribution in [0.25, 0.3) is 0 Å². The summed E-state index contributed by atoms with van der Waals surface area (Å²) in [6, 6.07) is 14.3.